The Balaban J connectivity index is 1.97. The average Bonchev–Trinajstić information content (AvgIpc) is 2.81. The van der Waals surface area contributed by atoms with Crippen molar-refractivity contribution < 1.29 is 14.3 Å². The van der Waals surface area contributed by atoms with Crippen LogP contribution in [0.15, 0.2) is 47.1 Å². The third kappa shape index (κ3) is 3.69. The zero-order valence-corrected chi connectivity index (χ0v) is 10.8. The largest absolute Gasteiger partial charge is 0.480 e. The van der Waals surface area contributed by atoms with Crippen LogP contribution in [0.4, 0.5) is 0 Å². The van der Waals surface area contributed by atoms with Crippen LogP contribution in [0.2, 0.25) is 0 Å². The van der Waals surface area contributed by atoms with E-state index in [9.17, 15) is 9.90 Å². The van der Waals surface area contributed by atoms with E-state index in [1.807, 2.05) is 43.3 Å². The molecule has 0 unspecified atom stereocenters. The number of rotatable bonds is 6. The molecule has 1 atom stereocenters. The topological polar surface area (TPSA) is 62.5 Å². The Morgan fingerprint density at radius 3 is 2.63 bits per heavy atom. The van der Waals surface area contributed by atoms with Crippen LogP contribution in [-0.2, 0) is 17.8 Å². The van der Waals surface area contributed by atoms with E-state index >= 15 is 0 Å². The van der Waals surface area contributed by atoms with E-state index in [1.165, 1.54) is 0 Å². The monoisotopic (exact) mass is 259 g/mol. The summed E-state index contributed by atoms with van der Waals surface area (Å²) in [5, 5.41) is 12.3. The molecule has 0 radical (unpaired) electrons. The Labute approximate surface area is 112 Å². The lowest BCUT2D eigenvalue weighted by Crippen LogP contribution is -2.38. The number of nitrogens with one attached hydrogen (secondary N) is 1. The number of carboxylic acids is 1. The van der Waals surface area contributed by atoms with Crippen LogP contribution < -0.4 is 5.32 Å². The van der Waals surface area contributed by atoms with Gasteiger partial charge in [0.05, 0.1) is 12.8 Å². The van der Waals surface area contributed by atoms with E-state index < -0.39 is 12.0 Å². The third-order valence-corrected chi connectivity index (χ3v) is 3.06. The summed E-state index contributed by atoms with van der Waals surface area (Å²) in [7, 11) is 0. The summed E-state index contributed by atoms with van der Waals surface area (Å²) in [6, 6.07) is 10.8. The van der Waals surface area contributed by atoms with Crippen molar-refractivity contribution in [2.24, 2.45) is 0 Å². The minimum Gasteiger partial charge on any atom is -0.480 e. The highest BCUT2D eigenvalue weighted by atomic mass is 16.4. The second-order valence-corrected chi connectivity index (χ2v) is 4.49. The zero-order chi connectivity index (χ0) is 13.7. The molecular weight excluding hydrogens is 242 g/mol. The predicted molar refractivity (Wildman–Crippen MR) is 71.9 cm³/mol. The van der Waals surface area contributed by atoms with Gasteiger partial charge in [-0.2, -0.15) is 0 Å². The Kier molecular flexibility index (Phi) is 4.36. The molecule has 0 bridgehead atoms. The van der Waals surface area contributed by atoms with Gasteiger partial charge in [-0.05, 0) is 30.5 Å². The van der Waals surface area contributed by atoms with E-state index in [0.29, 0.717) is 13.0 Å². The number of carboxylic acid groups (broad SMARTS) is 1. The average molecular weight is 259 g/mol. The van der Waals surface area contributed by atoms with Gasteiger partial charge in [-0.15, -0.1) is 0 Å². The van der Waals surface area contributed by atoms with Gasteiger partial charge in [0.25, 0.3) is 0 Å². The molecule has 2 aromatic rings. The molecule has 0 fully saturated rings. The molecule has 0 aliphatic rings. The molecule has 4 nitrogen and oxygen atoms in total. The van der Waals surface area contributed by atoms with E-state index in [1.54, 1.807) is 6.26 Å². The standard InChI is InChI=1S/C15H17NO3/c1-11-7-8-19-14(11)10-16-13(15(17)18)9-12-5-3-2-4-6-12/h2-8,13,16H,9-10H2,1H3,(H,17,18)/t13-/m0/s1. The van der Waals surface area contributed by atoms with Crippen LogP contribution in [0.5, 0.6) is 0 Å². The van der Waals surface area contributed by atoms with E-state index in [4.69, 9.17) is 4.42 Å². The van der Waals surface area contributed by atoms with E-state index in [0.717, 1.165) is 16.9 Å². The molecule has 2 N–H and O–H groups in total. The summed E-state index contributed by atoms with van der Waals surface area (Å²) in [6.45, 7) is 2.36. The molecule has 0 aliphatic carbocycles. The van der Waals surface area contributed by atoms with Crippen LogP contribution >= 0.6 is 0 Å². The maximum atomic E-state index is 11.3. The van der Waals surface area contributed by atoms with Crippen molar-refractivity contribution >= 4 is 5.97 Å². The van der Waals surface area contributed by atoms with Gasteiger partial charge in [-0.25, -0.2) is 0 Å². The molecule has 0 saturated heterocycles. The molecule has 1 heterocycles. The molecular formula is C15H17NO3. The molecule has 0 amide bonds. The van der Waals surface area contributed by atoms with Gasteiger partial charge in [-0.3, -0.25) is 10.1 Å². The van der Waals surface area contributed by atoms with Crippen LogP contribution in [0.3, 0.4) is 0 Å². The highest BCUT2D eigenvalue weighted by molar-refractivity contribution is 5.73. The van der Waals surface area contributed by atoms with E-state index in [-0.39, 0.29) is 0 Å². The molecule has 0 aliphatic heterocycles. The number of carbonyl (C=O) groups is 1. The Hall–Kier alpha value is -2.07. The van der Waals surface area contributed by atoms with Gasteiger partial charge in [-0.1, -0.05) is 30.3 Å². The van der Waals surface area contributed by atoms with Crippen molar-refractivity contribution in [3.63, 3.8) is 0 Å². The van der Waals surface area contributed by atoms with Gasteiger partial charge in [0.1, 0.15) is 11.8 Å². The maximum Gasteiger partial charge on any atom is 0.321 e. The normalized spacial score (nSPS) is 12.3. The molecule has 1 aromatic carbocycles. The molecule has 0 saturated carbocycles. The Bertz CT molecular complexity index is 533. The fourth-order valence-electron chi connectivity index (χ4n) is 1.90. The fourth-order valence-corrected chi connectivity index (χ4v) is 1.90. The summed E-state index contributed by atoms with van der Waals surface area (Å²) in [5.41, 5.74) is 2.02. The first-order valence-electron chi connectivity index (χ1n) is 6.20. The van der Waals surface area contributed by atoms with Crippen LogP contribution in [-0.4, -0.2) is 17.1 Å². The van der Waals surface area contributed by atoms with Crippen LogP contribution in [0, 0.1) is 6.92 Å². The molecule has 4 heteroatoms. The van der Waals surface area contributed by atoms with Crippen molar-refractivity contribution in [1.82, 2.24) is 5.32 Å². The highest BCUT2D eigenvalue weighted by Gasteiger charge is 2.18. The zero-order valence-electron chi connectivity index (χ0n) is 10.8. The first-order chi connectivity index (χ1) is 9.16. The quantitative estimate of drug-likeness (QED) is 0.836. The summed E-state index contributed by atoms with van der Waals surface area (Å²) < 4.78 is 5.29. The third-order valence-electron chi connectivity index (χ3n) is 3.06. The number of hydrogen-bond donors (Lipinski definition) is 2. The van der Waals surface area contributed by atoms with Gasteiger partial charge in [0.2, 0.25) is 0 Å². The van der Waals surface area contributed by atoms with Gasteiger partial charge < -0.3 is 9.52 Å². The summed E-state index contributed by atoms with van der Waals surface area (Å²) >= 11 is 0. The highest BCUT2D eigenvalue weighted by Crippen LogP contribution is 2.09. The number of aliphatic carboxylic acids is 1. The first-order valence-corrected chi connectivity index (χ1v) is 6.20. The molecule has 19 heavy (non-hydrogen) atoms. The molecule has 0 spiro atoms. The SMILES string of the molecule is Cc1ccoc1CN[C@@H](Cc1ccccc1)C(=O)O. The minimum absolute atomic E-state index is 0.419. The second kappa shape index (κ2) is 6.20. The number of aryl methyl sites for hydroxylation is 1. The minimum atomic E-state index is -0.854. The van der Waals surface area contributed by atoms with Crippen LogP contribution in [0.1, 0.15) is 16.9 Å². The maximum absolute atomic E-state index is 11.3. The van der Waals surface area contributed by atoms with Gasteiger partial charge >= 0.3 is 5.97 Å². The van der Waals surface area contributed by atoms with Crippen molar-refractivity contribution in [2.45, 2.75) is 25.9 Å². The van der Waals surface area contributed by atoms with Crippen molar-refractivity contribution in [3.05, 3.63) is 59.5 Å². The number of benzene rings is 1. The smallest absolute Gasteiger partial charge is 0.321 e. The predicted octanol–water partition coefficient (Wildman–Crippen LogP) is 2.37. The second-order valence-electron chi connectivity index (χ2n) is 4.49. The first kappa shape index (κ1) is 13.4. The molecule has 1 aromatic heterocycles. The Morgan fingerprint density at radius 1 is 1.32 bits per heavy atom. The molecule has 2 rings (SSSR count). The lowest BCUT2D eigenvalue weighted by Gasteiger charge is -2.14. The summed E-state index contributed by atoms with van der Waals surface area (Å²) in [6.07, 6.45) is 2.06. The van der Waals surface area contributed by atoms with Gasteiger partial charge in [0, 0.05) is 0 Å². The van der Waals surface area contributed by atoms with Crippen molar-refractivity contribution in [2.75, 3.05) is 0 Å². The lowest BCUT2D eigenvalue weighted by molar-refractivity contribution is -0.139. The van der Waals surface area contributed by atoms with Gasteiger partial charge in [0.15, 0.2) is 0 Å². The summed E-state index contributed by atoms with van der Waals surface area (Å²) in [5.74, 6) is -0.0765. The number of hydrogen-bond acceptors (Lipinski definition) is 3. The van der Waals surface area contributed by atoms with E-state index in [2.05, 4.69) is 5.32 Å². The fraction of sp³-hybridized carbons (Fsp3) is 0.267. The lowest BCUT2D eigenvalue weighted by atomic mass is 10.1. The molecule has 100 valence electrons. The number of furan rings is 1. The van der Waals surface area contributed by atoms with Crippen molar-refractivity contribution in [3.8, 4) is 0 Å². The summed E-state index contributed by atoms with van der Waals surface area (Å²) in [4.78, 5) is 11.3. The van der Waals surface area contributed by atoms with Crippen LogP contribution in [0.25, 0.3) is 0 Å². The Morgan fingerprint density at radius 2 is 2.05 bits per heavy atom. The van der Waals surface area contributed by atoms with Crippen molar-refractivity contribution in [1.29, 1.82) is 0 Å².